The maximum Gasteiger partial charge on any atom is 0.306 e. The molecule has 0 spiro atoms. The van der Waals surface area contributed by atoms with Gasteiger partial charge >= 0.3 is 17.9 Å². The molecule has 0 heterocycles. The van der Waals surface area contributed by atoms with Gasteiger partial charge in [0.05, 0.1) is 0 Å². The first-order valence-electron chi connectivity index (χ1n) is 22.4. The first kappa shape index (κ1) is 49.4. The van der Waals surface area contributed by atoms with E-state index in [1.54, 1.807) is 0 Å². The van der Waals surface area contributed by atoms with E-state index in [-0.39, 0.29) is 31.1 Å². The fourth-order valence-electron chi connectivity index (χ4n) is 6.63. The highest BCUT2D eigenvalue weighted by molar-refractivity contribution is 5.71. The van der Waals surface area contributed by atoms with Gasteiger partial charge in [-0.1, -0.05) is 207 Å². The highest BCUT2D eigenvalue weighted by Gasteiger charge is 2.19. The van der Waals surface area contributed by atoms with E-state index in [4.69, 9.17) is 14.2 Å². The lowest BCUT2D eigenvalue weighted by Crippen LogP contribution is -2.30. The summed E-state index contributed by atoms with van der Waals surface area (Å²) in [6, 6.07) is 0. The topological polar surface area (TPSA) is 78.9 Å². The number of rotatable bonds is 40. The summed E-state index contributed by atoms with van der Waals surface area (Å²) in [5, 5.41) is 0. The Hall–Kier alpha value is -1.59. The monoisotopic (exact) mass is 723 g/mol. The fraction of sp³-hybridized carbons (Fsp3) is 0.933. The Kier molecular flexibility index (Phi) is 38.4. The minimum atomic E-state index is -0.756. The van der Waals surface area contributed by atoms with Crippen molar-refractivity contribution in [2.75, 3.05) is 13.2 Å². The van der Waals surface area contributed by atoms with Crippen LogP contribution in [0.5, 0.6) is 0 Å². The first-order chi connectivity index (χ1) is 24.9. The van der Waals surface area contributed by atoms with Crippen molar-refractivity contribution in [3.63, 3.8) is 0 Å². The van der Waals surface area contributed by atoms with Gasteiger partial charge in [0.2, 0.25) is 0 Å². The number of ether oxygens (including phenoxy) is 3. The average molecular weight is 723 g/mol. The smallest absolute Gasteiger partial charge is 0.306 e. The van der Waals surface area contributed by atoms with Crippen molar-refractivity contribution in [3.05, 3.63) is 0 Å². The lowest BCUT2D eigenvalue weighted by Gasteiger charge is -2.18. The van der Waals surface area contributed by atoms with Crippen molar-refractivity contribution in [2.45, 2.75) is 252 Å². The van der Waals surface area contributed by atoms with Crippen LogP contribution in [0.1, 0.15) is 246 Å². The van der Waals surface area contributed by atoms with Gasteiger partial charge in [-0.05, 0) is 25.2 Å². The molecule has 0 saturated heterocycles. The third kappa shape index (κ3) is 39.5. The molecule has 0 saturated carbocycles. The van der Waals surface area contributed by atoms with E-state index in [1.807, 2.05) is 0 Å². The summed E-state index contributed by atoms with van der Waals surface area (Å²) in [4.78, 5) is 37.4. The third-order valence-electron chi connectivity index (χ3n) is 10.0. The van der Waals surface area contributed by atoms with Crippen LogP contribution >= 0.6 is 0 Å². The maximum absolute atomic E-state index is 12.5. The van der Waals surface area contributed by atoms with Gasteiger partial charge in [0.15, 0.2) is 6.10 Å². The number of unbranched alkanes of at least 4 members (excludes halogenated alkanes) is 27. The van der Waals surface area contributed by atoms with Gasteiger partial charge in [-0.15, -0.1) is 0 Å². The molecule has 0 radical (unpaired) electrons. The summed E-state index contributed by atoms with van der Waals surface area (Å²) < 4.78 is 16.6. The summed E-state index contributed by atoms with van der Waals surface area (Å²) in [6.07, 6.45) is 38.3. The molecule has 6 nitrogen and oxygen atoms in total. The highest BCUT2D eigenvalue weighted by atomic mass is 16.6. The van der Waals surface area contributed by atoms with Crippen LogP contribution in [0.15, 0.2) is 0 Å². The van der Waals surface area contributed by atoms with E-state index < -0.39 is 6.10 Å². The van der Waals surface area contributed by atoms with Crippen LogP contribution in [0.3, 0.4) is 0 Å². The van der Waals surface area contributed by atoms with Crippen molar-refractivity contribution >= 4 is 17.9 Å². The van der Waals surface area contributed by atoms with Gasteiger partial charge < -0.3 is 14.2 Å². The minimum absolute atomic E-state index is 0.0652. The van der Waals surface area contributed by atoms with Crippen LogP contribution in [0.4, 0.5) is 0 Å². The molecule has 0 amide bonds. The molecule has 0 aromatic carbocycles. The fourth-order valence-corrected chi connectivity index (χ4v) is 6.63. The molecule has 0 bridgehead atoms. The molecule has 0 aromatic rings. The zero-order valence-electron chi connectivity index (χ0n) is 34.6. The van der Waals surface area contributed by atoms with Gasteiger partial charge in [0.1, 0.15) is 13.2 Å². The number of hydrogen-bond acceptors (Lipinski definition) is 6. The summed E-state index contributed by atoms with van der Waals surface area (Å²) in [5.74, 6) is -0.0221. The minimum Gasteiger partial charge on any atom is -0.462 e. The van der Waals surface area contributed by atoms with Crippen LogP contribution in [0.25, 0.3) is 0 Å². The summed E-state index contributed by atoms with van der Waals surface area (Å²) in [7, 11) is 0. The Balaban J connectivity index is 4.08. The van der Waals surface area contributed by atoms with E-state index >= 15 is 0 Å². The molecule has 0 rings (SSSR count). The van der Waals surface area contributed by atoms with Crippen molar-refractivity contribution in [1.82, 2.24) is 0 Å². The molecular weight excluding hydrogens is 636 g/mol. The molecule has 0 unspecified atom stereocenters. The second-order valence-electron chi connectivity index (χ2n) is 15.8. The van der Waals surface area contributed by atoms with E-state index in [1.165, 1.54) is 135 Å². The molecule has 51 heavy (non-hydrogen) atoms. The maximum atomic E-state index is 12.5. The lowest BCUT2D eigenvalue weighted by molar-refractivity contribution is -0.167. The van der Waals surface area contributed by atoms with Crippen LogP contribution < -0.4 is 0 Å². The molecule has 6 heteroatoms. The Labute approximate surface area is 317 Å². The van der Waals surface area contributed by atoms with E-state index in [0.29, 0.717) is 19.3 Å². The number of esters is 3. The molecular formula is C45H86O6. The largest absolute Gasteiger partial charge is 0.462 e. The van der Waals surface area contributed by atoms with Crippen molar-refractivity contribution in [3.8, 4) is 0 Å². The number of carbonyl (C=O) groups excluding carboxylic acids is 3. The summed E-state index contributed by atoms with van der Waals surface area (Å²) in [5.41, 5.74) is 0. The van der Waals surface area contributed by atoms with Crippen LogP contribution in [0, 0.1) is 5.92 Å². The predicted molar refractivity (Wildman–Crippen MR) is 215 cm³/mol. The second kappa shape index (κ2) is 39.6. The van der Waals surface area contributed by atoms with Gasteiger partial charge in [-0.25, -0.2) is 0 Å². The zero-order chi connectivity index (χ0) is 37.5. The SMILES string of the molecule is CCCCCCCCCCCCC(=O)OC[C@H](COC(=O)CCCCCCCCCCCCCCCCCC(C)C)OC(=O)CCCCCCC. The highest BCUT2D eigenvalue weighted by Crippen LogP contribution is 2.16. The van der Waals surface area contributed by atoms with Crippen LogP contribution in [0.2, 0.25) is 0 Å². The van der Waals surface area contributed by atoms with E-state index in [9.17, 15) is 14.4 Å². The molecule has 0 aliphatic heterocycles. The van der Waals surface area contributed by atoms with Gasteiger partial charge in [-0.3, -0.25) is 14.4 Å². The Bertz CT molecular complexity index is 766. The Morgan fingerprint density at radius 3 is 0.961 bits per heavy atom. The third-order valence-corrected chi connectivity index (χ3v) is 10.0. The quantitative estimate of drug-likeness (QED) is 0.0356. The van der Waals surface area contributed by atoms with Crippen molar-refractivity contribution < 1.29 is 28.6 Å². The Morgan fingerprint density at radius 2 is 0.647 bits per heavy atom. The summed E-state index contributed by atoms with van der Waals surface area (Å²) in [6.45, 7) is 8.92. The summed E-state index contributed by atoms with van der Waals surface area (Å²) >= 11 is 0. The van der Waals surface area contributed by atoms with Crippen molar-refractivity contribution in [1.29, 1.82) is 0 Å². The average Bonchev–Trinajstić information content (AvgIpc) is 3.11. The molecule has 0 aliphatic carbocycles. The van der Waals surface area contributed by atoms with Crippen LogP contribution in [-0.2, 0) is 28.6 Å². The van der Waals surface area contributed by atoms with Gasteiger partial charge in [0.25, 0.3) is 0 Å². The number of carbonyl (C=O) groups is 3. The molecule has 1 atom stereocenters. The van der Waals surface area contributed by atoms with E-state index in [0.717, 1.165) is 70.1 Å². The Morgan fingerprint density at radius 1 is 0.373 bits per heavy atom. The molecule has 0 aliphatic rings. The second-order valence-corrected chi connectivity index (χ2v) is 15.8. The standard InChI is InChI=1S/C45H86O6/c1-5-7-9-11-12-13-22-25-29-32-36-43(46)49-39-42(51-45(48)38-34-27-10-8-6-2)40-50-44(47)37-33-30-26-23-20-18-16-14-15-17-19-21-24-28-31-35-41(3)4/h41-42H,5-40H2,1-4H3/t42-/m1/s1. The molecule has 0 N–H and O–H groups in total. The predicted octanol–water partition coefficient (Wildman–Crippen LogP) is 13.9. The van der Waals surface area contributed by atoms with Gasteiger partial charge in [-0.2, -0.15) is 0 Å². The van der Waals surface area contributed by atoms with Crippen molar-refractivity contribution in [2.24, 2.45) is 5.92 Å². The molecule has 0 aromatic heterocycles. The van der Waals surface area contributed by atoms with Gasteiger partial charge in [0, 0.05) is 19.3 Å². The number of hydrogen-bond donors (Lipinski definition) is 0. The lowest BCUT2D eigenvalue weighted by atomic mass is 10.0. The molecule has 0 fully saturated rings. The zero-order valence-corrected chi connectivity index (χ0v) is 34.6. The van der Waals surface area contributed by atoms with E-state index in [2.05, 4.69) is 27.7 Å². The van der Waals surface area contributed by atoms with Crippen LogP contribution in [-0.4, -0.2) is 37.2 Å². The normalized spacial score (nSPS) is 11.9. The first-order valence-corrected chi connectivity index (χ1v) is 22.4. The molecule has 302 valence electrons.